The van der Waals surface area contributed by atoms with Crippen LogP contribution in [0.3, 0.4) is 0 Å². The smallest absolute Gasteiger partial charge is 0.225 e. The third kappa shape index (κ3) is 3.61. The molecule has 1 aliphatic heterocycles. The van der Waals surface area contributed by atoms with E-state index in [0.717, 1.165) is 49.0 Å². The summed E-state index contributed by atoms with van der Waals surface area (Å²) < 4.78 is 0. The molecule has 4 rings (SSSR count). The largest absolute Gasteiger partial charge is 0.389 e. The van der Waals surface area contributed by atoms with Crippen LogP contribution in [0.4, 0.5) is 11.8 Å². The van der Waals surface area contributed by atoms with Gasteiger partial charge in [-0.05, 0) is 49.3 Å². The van der Waals surface area contributed by atoms with Crippen LogP contribution in [-0.4, -0.2) is 27.7 Å². The number of nitrogens with one attached hydrogen (secondary N) is 1. The fourth-order valence-electron chi connectivity index (χ4n) is 3.33. The van der Waals surface area contributed by atoms with Gasteiger partial charge in [0.15, 0.2) is 0 Å². The van der Waals surface area contributed by atoms with Crippen molar-refractivity contribution in [2.24, 2.45) is 0 Å². The maximum Gasteiger partial charge on any atom is 0.225 e. The number of aryl methyl sites for hydroxylation is 1. The minimum absolute atomic E-state index is 0.409. The van der Waals surface area contributed by atoms with Crippen molar-refractivity contribution in [3.63, 3.8) is 0 Å². The van der Waals surface area contributed by atoms with Crippen molar-refractivity contribution in [1.82, 2.24) is 9.97 Å². The van der Waals surface area contributed by atoms with Gasteiger partial charge in [0.1, 0.15) is 5.82 Å². The predicted molar refractivity (Wildman–Crippen MR) is 99.9 cm³/mol. The lowest BCUT2D eigenvalue weighted by Crippen LogP contribution is -2.31. The van der Waals surface area contributed by atoms with Gasteiger partial charge in [-0.1, -0.05) is 25.1 Å². The van der Waals surface area contributed by atoms with E-state index in [2.05, 4.69) is 40.3 Å². The van der Waals surface area contributed by atoms with Gasteiger partial charge in [0.05, 0.1) is 6.10 Å². The van der Waals surface area contributed by atoms with Crippen LogP contribution in [0.5, 0.6) is 0 Å². The summed E-state index contributed by atoms with van der Waals surface area (Å²) in [6.07, 6.45) is 3.92. The minimum Gasteiger partial charge on any atom is -0.389 e. The molecule has 2 heterocycles. The van der Waals surface area contributed by atoms with E-state index in [-0.39, 0.29) is 0 Å². The van der Waals surface area contributed by atoms with E-state index in [1.807, 2.05) is 13.0 Å². The summed E-state index contributed by atoms with van der Waals surface area (Å²) in [5.41, 5.74) is 4.75. The van der Waals surface area contributed by atoms with Crippen LogP contribution in [0.25, 0.3) is 0 Å². The third-order valence-corrected chi connectivity index (χ3v) is 5.09. The zero-order valence-electron chi connectivity index (χ0n) is 15.0. The highest BCUT2D eigenvalue weighted by atomic mass is 16.3. The van der Waals surface area contributed by atoms with E-state index in [1.165, 1.54) is 24.0 Å². The van der Waals surface area contributed by atoms with Crippen molar-refractivity contribution in [2.75, 3.05) is 16.8 Å². The normalized spacial score (nSPS) is 18.0. The Balaban J connectivity index is 1.58. The highest BCUT2D eigenvalue weighted by Crippen LogP contribution is 2.28. The monoisotopic (exact) mass is 338 g/mol. The standard InChI is InChI=1S/C20H26N4O/c1-3-17-11-19(23-20(21-17)22-18-6-7-18)24-9-8-15-10-14(13(2)25)4-5-16(15)12-24/h4-5,10-11,13,18,25H,3,6-9,12H2,1-2H3,(H,21,22,23)/t13-/m0/s1. The molecule has 2 N–H and O–H groups in total. The topological polar surface area (TPSA) is 61.3 Å². The lowest BCUT2D eigenvalue weighted by atomic mass is 9.96. The van der Waals surface area contributed by atoms with E-state index >= 15 is 0 Å². The summed E-state index contributed by atoms with van der Waals surface area (Å²) in [7, 11) is 0. The van der Waals surface area contributed by atoms with Gasteiger partial charge in [-0.2, -0.15) is 4.98 Å². The SMILES string of the molecule is CCc1cc(N2CCc3cc([C@H](C)O)ccc3C2)nc(NC2CC2)n1. The second-order valence-corrected chi connectivity index (χ2v) is 7.19. The van der Waals surface area contributed by atoms with Gasteiger partial charge in [-0.15, -0.1) is 0 Å². The number of hydrogen-bond acceptors (Lipinski definition) is 5. The Morgan fingerprint density at radius 3 is 2.80 bits per heavy atom. The second kappa shape index (κ2) is 6.64. The summed E-state index contributed by atoms with van der Waals surface area (Å²) in [5, 5.41) is 13.2. The number of aliphatic hydroxyl groups is 1. The summed E-state index contributed by atoms with van der Waals surface area (Å²) in [4.78, 5) is 11.7. The Hall–Kier alpha value is -2.14. The minimum atomic E-state index is -0.409. The number of benzene rings is 1. The van der Waals surface area contributed by atoms with Gasteiger partial charge in [0, 0.05) is 30.9 Å². The molecule has 5 nitrogen and oxygen atoms in total. The molecular weight excluding hydrogens is 312 g/mol. The van der Waals surface area contributed by atoms with Gasteiger partial charge >= 0.3 is 0 Å². The summed E-state index contributed by atoms with van der Waals surface area (Å²) in [5.74, 6) is 1.78. The molecule has 5 heteroatoms. The average molecular weight is 338 g/mol. The van der Waals surface area contributed by atoms with Crippen LogP contribution in [0.15, 0.2) is 24.3 Å². The molecule has 25 heavy (non-hydrogen) atoms. The Labute approximate surface area is 149 Å². The molecule has 1 saturated carbocycles. The summed E-state index contributed by atoms with van der Waals surface area (Å²) >= 11 is 0. The molecule has 132 valence electrons. The first-order valence-corrected chi connectivity index (χ1v) is 9.31. The Bertz CT molecular complexity index is 770. The molecule has 0 unspecified atom stereocenters. The molecule has 0 saturated heterocycles. The third-order valence-electron chi connectivity index (χ3n) is 5.09. The number of hydrogen-bond donors (Lipinski definition) is 2. The molecule has 2 aliphatic rings. The first-order valence-electron chi connectivity index (χ1n) is 9.31. The molecular formula is C20H26N4O. The first-order chi connectivity index (χ1) is 12.1. The number of fused-ring (bicyclic) bond motifs is 1. The predicted octanol–water partition coefficient (Wildman–Crippen LogP) is 3.23. The van der Waals surface area contributed by atoms with Crippen LogP contribution >= 0.6 is 0 Å². The van der Waals surface area contributed by atoms with Crippen molar-refractivity contribution in [2.45, 2.75) is 58.2 Å². The molecule has 0 radical (unpaired) electrons. The van der Waals surface area contributed by atoms with Crippen molar-refractivity contribution >= 4 is 11.8 Å². The maximum absolute atomic E-state index is 9.79. The van der Waals surface area contributed by atoms with E-state index < -0.39 is 6.10 Å². The van der Waals surface area contributed by atoms with Crippen LogP contribution in [0.2, 0.25) is 0 Å². The second-order valence-electron chi connectivity index (χ2n) is 7.19. The highest BCUT2D eigenvalue weighted by Gasteiger charge is 2.24. The van der Waals surface area contributed by atoms with E-state index in [1.54, 1.807) is 0 Å². The molecule has 1 aliphatic carbocycles. The quantitative estimate of drug-likeness (QED) is 0.876. The van der Waals surface area contributed by atoms with Crippen LogP contribution in [0, 0.1) is 0 Å². The number of aromatic nitrogens is 2. The van der Waals surface area contributed by atoms with Gasteiger partial charge in [0.25, 0.3) is 0 Å². The van der Waals surface area contributed by atoms with Crippen molar-refractivity contribution in [3.05, 3.63) is 46.6 Å². The number of anilines is 2. The Morgan fingerprint density at radius 1 is 1.24 bits per heavy atom. The number of rotatable bonds is 5. The van der Waals surface area contributed by atoms with E-state index in [4.69, 9.17) is 4.98 Å². The zero-order chi connectivity index (χ0) is 17.4. The summed E-state index contributed by atoms with van der Waals surface area (Å²) in [6.45, 7) is 5.76. The molecule has 2 aromatic rings. The molecule has 0 bridgehead atoms. The fraction of sp³-hybridized carbons (Fsp3) is 0.500. The van der Waals surface area contributed by atoms with Crippen molar-refractivity contribution in [3.8, 4) is 0 Å². The van der Waals surface area contributed by atoms with Gasteiger partial charge in [0.2, 0.25) is 5.95 Å². The van der Waals surface area contributed by atoms with E-state index in [0.29, 0.717) is 6.04 Å². The maximum atomic E-state index is 9.79. The molecule has 1 aromatic carbocycles. The summed E-state index contributed by atoms with van der Waals surface area (Å²) in [6, 6.07) is 9.00. The molecule has 1 atom stereocenters. The first kappa shape index (κ1) is 16.3. The molecule has 0 amide bonds. The zero-order valence-corrected chi connectivity index (χ0v) is 15.0. The van der Waals surface area contributed by atoms with Crippen molar-refractivity contribution in [1.29, 1.82) is 0 Å². The Kier molecular flexibility index (Phi) is 4.34. The lowest BCUT2D eigenvalue weighted by Gasteiger charge is -2.30. The van der Waals surface area contributed by atoms with Gasteiger partial charge in [-0.3, -0.25) is 0 Å². The van der Waals surface area contributed by atoms with Crippen LogP contribution in [0.1, 0.15) is 55.2 Å². The highest BCUT2D eigenvalue weighted by molar-refractivity contribution is 5.49. The average Bonchev–Trinajstić information content (AvgIpc) is 3.44. The number of aliphatic hydroxyl groups excluding tert-OH is 1. The number of nitrogens with zero attached hydrogens (tertiary/aromatic N) is 3. The van der Waals surface area contributed by atoms with Gasteiger partial charge < -0.3 is 15.3 Å². The van der Waals surface area contributed by atoms with Crippen LogP contribution < -0.4 is 10.2 Å². The molecule has 1 fully saturated rings. The van der Waals surface area contributed by atoms with Crippen LogP contribution in [-0.2, 0) is 19.4 Å². The molecule has 1 aromatic heterocycles. The van der Waals surface area contributed by atoms with Gasteiger partial charge in [-0.25, -0.2) is 4.98 Å². The van der Waals surface area contributed by atoms with E-state index in [9.17, 15) is 5.11 Å². The lowest BCUT2D eigenvalue weighted by molar-refractivity contribution is 0.199. The van der Waals surface area contributed by atoms with Crippen molar-refractivity contribution < 1.29 is 5.11 Å². The molecule has 0 spiro atoms. The Morgan fingerprint density at radius 2 is 2.08 bits per heavy atom. The fourth-order valence-corrected chi connectivity index (χ4v) is 3.33.